The van der Waals surface area contributed by atoms with Gasteiger partial charge in [-0.2, -0.15) is 0 Å². The molecule has 0 aliphatic heterocycles. The van der Waals surface area contributed by atoms with Gasteiger partial charge in [0.2, 0.25) is 0 Å². The van der Waals surface area contributed by atoms with Crippen molar-refractivity contribution in [2.75, 3.05) is 11.6 Å². The third-order valence-electron chi connectivity index (χ3n) is 1.27. The first-order valence-electron chi connectivity index (χ1n) is 3.39. The fraction of sp³-hybridized carbons (Fsp3) is 0.125. The maximum atomic E-state index is 5.61. The van der Waals surface area contributed by atoms with E-state index in [1.807, 2.05) is 18.2 Å². The Morgan fingerprint density at radius 1 is 1.64 bits per heavy atom. The van der Waals surface area contributed by atoms with Crippen molar-refractivity contribution in [1.29, 1.82) is 0 Å². The summed E-state index contributed by atoms with van der Waals surface area (Å²) >= 11 is 0. The molecule has 2 N–H and O–H groups in total. The summed E-state index contributed by atoms with van der Waals surface area (Å²) in [4.78, 5) is 4.05. The van der Waals surface area contributed by atoms with Gasteiger partial charge in [0.05, 0.1) is 6.54 Å². The molecule has 1 rings (SSSR count). The maximum Gasteiger partial charge on any atom is 0.142 e. The van der Waals surface area contributed by atoms with Crippen LogP contribution in [0, 0.1) is 0 Å². The molecule has 0 unspecified atom stereocenters. The van der Waals surface area contributed by atoms with Crippen LogP contribution in [0.3, 0.4) is 0 Å². The summed E-state index contributed by atoms with van der Waals surface area (Å²) in [6.45, 7) is 4.18. The number of anilines is 1. The van der Waals surface area contributed by atoms with E-state index in [0.717, 1.165) is 5.82 Å². The second-order valence-corrected chi connectivity index (χ2v) is 2.13. The predicted molar refractivity (Wildman–Crippen MR) is 46.0 cm³/mol. The normalized spacial score (nSPS) is 9.18. The van der Waals surface area contributed by atoms with Gasteiger partial charge in [-0.25, -0.2) is 10.8 Å². The topological polar surface area (TPSA) is 42.1 Å². The Bertz CT molecular complexity index is 220. The molecular formula is C8H11N3. The number of aromatic nitrogens is 1. The van der Waals surface area contributed by atoms with Crippen LogP contribution >= 0.6 is 0 Å². The SMILES string of the molecule is C=CCN(N)c1ccccn1. The van der Waals surface area contributed by atoms with Gasteiger partial charge in [0.1, 0.15) is 5.82 Å². The number of hydrogen-bond donors (Lipinski definition) is 1. The molecule has 1 aromatic rings. The molecule has 0 fully saturated rings. The molecule has 0 aliphatic carbocycles. The average Bonchev–Trinajstić information content (AvgIpc) is 2.07. The van der Waals surface area contributed by atoms with Crippen LogP contribution in [0.2, 0.25) is 0 Å². The minimum atomic E-state index is 0.608. The number of nitrogens with two attached hydrogens (primary N) is 1. The monoisotopic (exact) mass is 149 g/mol. The van der Waals surface area contributed by atoms with E-state index >= 15 is 0 Å². The van der Waals surface area contributed by atoms with Crippen molar-refractivity contribution in [2.24, 2.45) is 5.84 Å². The van der Waals surface area contributed by atoms with Crippen molar-refractivity contribution in [1.82, 2.24) is 4.98 Å². The Morgan fingerprint density at radius 2 is 2.45 bits per heavy atom. The van der Waals surface area contributed by atoms with Crippen molar-refractivity contribution in [2.45, 2.75) is 0 Å². The first kappa shape index (κ1) is 7.75. The van der Waals surface area contributed by atoms with Gasteiger partial charge in [-0.05, 0) is 12.1 Å². The molecule has 1 aromatic heterocycles. The molecule has 58 valence electrons. The highest BCUT2D eigenvalue weighted by atomic mass is 15.4. The predicted octanol–water partition coefficient (Wildman–Crippen LogP) is 0.948. The van der Waals surface area contributed by atoms with Crippen molar-refractivity contribution in [3.8, 4) is 0 Å². The third kappa shape index (κ3) is 2.05. The number of nitrogens with zero attached hydrogens (tertiary/aromatic N) is 2. The largest absolute Gasteiger partial charge is 0.291 e. The number of pyridine rings is 1. The summed E-state index contributed by atoms with van der Waals surface area (Å²) in [7, 11) is 0. The van der Waals surface area contributed by atoms with Crippen LogP contribution in [-0.2, 0) is 0 Å². The highest BCUT2D eigenvalue weighted by molar-refractivity contribution is 5.35. The third-order valence-corrected chi connectivity index (χ3v) is 1.27. The lowest BCUT2D eigenvalue weighted by atomic mass is 10.4. The van der Waals surface area contributed by atoms with E-state index < -0.39 is 0 Å². The van der Waals surface area contributed by atoms with Crippen LogP contribution in [0.5, 0.6) is 0 Å². The average molecular weight is 149 g/mol. The number of hydrazine groups is 1. The van der Waals surface area contributed by atoms with Gasteiger partial charge in [-0.15, -0.1) is 6.58 Å². The van der Waals surface area contributed by atoms with Crippen LogP contribution in [0.25, 0.3) is 0 Å². The zero-order chi connectivity index (χ0) is 8.10. The molecule has 11 heavy (non-hydrogen) atoms. The van der Waals surface area contributed by atoms with E-state index in [1.165, 1.54) is 5.01 Å². The quantitative estimate of drug-likeness (QED) is 0.395. The fourth-order valence-corrected chi connectivity index (χ4v) is 0.756. The number of hydrogen-bond acceptors (Lipinski definition) is 3. The molecular weight excluding hydrogens is 138 g/mol. The molecule has 0 spiro atoms. The summed E-state index contributed by atoms with van der Waals surface area (Å²) < 4.78 is 0. The maximum absolute atomic E-state index is 5.61. The Kier molecular flexibility index (Phi) is 2.63. The smallest absolute Gasteiger partial charge is 0.142 e. The van der Waals surface area contributed by atoms with E-state index in [9.17, 15) is 0 Å². The van der Waals surface area contributed by atoms with Crippen LogP contribution in [-0.4, -0.2) is 11.5 Å². The molecule has 0 radical (unpaired) electrons. The highest BCUT2D eigenvalue weighted by Crippen LogP contribution is 2.03. The zero-order valence-electron chi connectivity index (χ0n) is 6.27. The van der Waals surface area contributed by atoms with Gasteiger partial charge in [-0.3, -0.25) is 5.01 Å². The van der Waals surface area contributed by atoms with Crippen molar-refractivity contribution >= 4 is 5.82 Å². The van der Waals surface area contributed by atoms with E-state index in [1.54, 1.807) is 12.3 Å². The minimum Gasteiger partial charge on any atom is -0.291 e. The van der Waals surface area contributed by atoms with Gasteiger partial charge >= 0.3 is 0 Å². The standard InChI is InChI=1S/C8H11N3/c1-2-7-11(9)8-5-3-4-6-10-8/h2-6H,1,7,9H2. The lowest BCUT2D eigenvalue weighted by Gasteiger charge is -2.13. The molecule has 0 atom stereocenters. The molecule has 0 bridgehead atoms. The zero-order valence-corrected chi connectivity index (χ0v) is 6.27. The van der Waals surface area contributed by atoms with Crippen molar-refractivity contribution < 1.29 is 0 Å². The Morgan fingerprint density at radius 3 is 3.00 bits per heavy atom. The van der Waals surface area contributed by atoms with Gasteiger partial charge in [0, 0.05) is 6.20 Å². The number of rotatable bonds is 3. The molecule has 0 saturated heterocycles. The molecule has 0 aromatic carbocycles. The summed E-state index contributed by atoms with van der Waals surface area (Å²) in [6, 6.07) is 5.60. The van der Waals surface area contributed by atoms with Crippen molar-refractivity contribution in [3.05, 3.63) is 37.1 Å². The van der Waals surface area contributed by atoms with Crippen LogP contribution < -0.4 is 10.9 Å². The van der Waals surface area contributed by atoms with E-state index in [2.05, 4.69) is 11.6 Å². The van der Waals surface area contributed by atoms with Gasteiger partial charge in [0.25, 0.3) is 0 Å². The van der Waals surface area contributed by atoms with Gasteiger partial charge < -0.3 is 0 Å². The lowest BCUT2D eigenvalue weighted by Crippen LogP contribution is -2.31. The summed E-state index contributed by atoms with van der Waals surface area (Å²) in [5.74, 6) is 6.36. The second-order valence-electron chi connectivity index (χ2n) is 2.13. The highest BCUT2D eigenvalue weighted by Gasteiger charge is 1.96. The Labute approximate surface area is 66.1 Å². The summed E-state index contributed by atoms with van der Waals surface area (Å²) in [5, 5.41) is 1.53. The first-order valence-corrected chi connectivity index (χ1v) is 3.39. The van der Waals surface area contributed by atoms with Crippen LogP contribution in [0.1, 0.15) is 0 Å². The van der Waals surface area contributed by atoms with E-state index in [0.29, 0.717) is 6.54 Å². The molecule has 0 amide bonds. The Balaban J connectivity index is 2.68. The molecule has 3 nitrogen and oxygen atoms in total. The molecule has 0 saturated carbocycles. The first-order chi connectivity index (χ1) is 5.34. The van der Waals surface area contributed by atoms with Crippen molar-refractivity contribution in [3.63, 3.8) is 0 Å². The van der Waals surface area contributed by atoms with Gasteiger partial charge in [0.15, 0.2) is 0 Å². The van der Waals surface area contributed by atoms with E-state index in [4.69, 9.17) is 5.84 Å². The second kappa shape index (κ2) is 3.73. The minimum absolute atomic E-state index is 0.608. The lowest BCUT2D eigenvalue weighted by molar-refractivity contribution is 0.911. The molecule has 3 heteroatoms. The summed E-state index contributed by atoms with van der Waals surface area (Å²) in [6.07, 6.45) is 3.44. The fourth-order valence-electron chi connectivity index (χ4n) is 0.756. The van der Waals surface area contributed by atoms with Gasteiger partial charge in [-0.1, -0.05) is 12.1 Å². The Hall–Kier alpha value is -1.35. The molecule has 1 heterocycles. The summed E-state index contributed by atoms with van der Waals surface area (Å²) in [5.41, 5.74) is 0. The van der Waals surface area contributed by atoms with E-state index in [-0.39, 0.29) is 0 Å². The molecule has 0 aliphatic rings. The van der Waals surface area contributed by atoms with Crippen LogP contribution in [0.15, 0.2) is 37.1 Å². The van der Waals surface area contributed by atoms with Crippen LogP contribution in [0.4, 0.5) is 5.82 Å².